The standard InChI is InChI=1S/C18H24N6O/c1-22-9-4-18(13-22)5-10-23(14-18)17(25)20-12-15-3-7-19-16(11-15)24-8-2-6-21-24/h2-3,6-8,11H,4-5,9-10,12-14H2,1H3,(H,20,25). The number of hydrogen-bond donors (Lipinski definition) is 1. The summed E-state index contributed by atoms with van der Waals surface area (Å²) in [5.74, 6) is 0.755. The molecule has 7 nitrogen and oxygen atoms in total. The minimum atomic E-state index is 0.0314. The number of nitrogens with zero attached hydrogens (tertiary/aromatic N) is 5. The molecular weight excluding hydrogens is 316 g/mol. The Morgan fingerprint density at radius 1 is 1.28 bits per heavy atom. The molecule has 0 aliphatic carbocycles. The Hall–Kier alpha value is -2.41. The first kappa shape index (κ1) is 16.1. The molecule has 132 valence electrons. The molecule has 4 heterocycles. The van der Waals surface area contributed by atoms with Gasteiger partial charge in [-0.2, -0.15) is 5.10 Å². The molecule has 2 aliphatic heterocycles. The van der Waals surface area contributed by atoms with Crippen LogP contribution in [-0.2, 0) is 6.54 Å². The molecule has 2 aromatic heterocycles. The van der Waals surface area contributed by atoms with Crippen LogP contribution in [0.4, 0.5) is 4.79 Å². The molecule has 0 aromatic carbocycles. The van der Waals surface area contributed by atoms with E-state index in [1.807, 2.05) is 29.3 Å². The Kier molecular flexibility index (Phi) is 4.17. The predicted molar refractivity (Wildman–Crippen MR) is 94.3 cm³/mol. The van der Waals surface area contributed by atoms with Crippen molar-refractivity contribution < 1.29 is 4.79 Å². The van der Waals surface area contributed by atoms with Crippen molar-refractivity contribution in [2.45, 2.75) is 19.4 Å². The monoisotopic (exact) mass is 340 g/mol. The van der Waals surface area contributed by atoms with Crippen molar-refractivity contribution >= 4 is 6.03 Å². The SMILES string of the molecule is CN1CCC2(CCN(C(=O)NCc3ccnc(-n4cccn4)c3)C2)C1. The largest absolute Gasteiger partial charge is 0.334 e. The highest BCUT2D eigenvalue weighted by atomic mass is 16.2. The van der Waals surface area contributed by atoms with E-state index in [0.29, 0.717) is 12.0 Å². The zero-order chi connectivity index (χ0) is 17.3. The Morgan fingerprint density at radius 2 is 2.16 bits per heavy atom. The summed E-state index contributed by atoms with van der Waals surface area (Å²) in [4.78, 5) is 21.2. The molecule has 1 spiro atoms. The van der Waals surface area contributed by atoms with Crippen LogP contribution in [0, 0.1) is 5.41 Å². The molecular formula is C18H24N6O. The van der Waals surface area contributed by atoms with Gasteiger partial charge in [0, 0.05) is 50.2 Å². The Bertz CT molecular complexity index is 746. The third-order valence-electron chi connectivity index (χ3n) is 5.35. The highest BCUT2D eigenvalue weighted by molar-refractivity contribution is 5.74. The van der Waals surface area contributed by atoms with Gasteiger partial charge < -0.3 is 15.1 Å². The maximum Gasteiger partial charge on any atom is 0.317 e. The van der Waals surface area contributed by atoms with E-state index in [1.54, 1.807) is 17.1 Å². The van der Waals surface area contributed by atoms with E-state index in [0.717, 1.165) is 44.0 Å². The van der Waals surface area contributed by atoms with Crippen molar-refractivity contribution in [1.82, 2.24) is 29.9 Å². The normalized spacial score (nSPS) is 23.5. The first-order valence-corrected chi connectivity index (χ1v) is 8.80. The highest BCUT2D eigenvalue weighted by Gasteiger charge is 2.43. The van der Waals surface area contributed by atoms with Gasteiger partial charge in [-0.1, -0.05) is 0 Å². The molecule has 7 heteroatoms. The van der Waals surface area contributed by atoms with Gasteiger partial charge in [0.2, 0.25) is 0 Å². The van der Waals surface area contributed by atoms with Gasteiger partial charge in [0.05, 0.1) is 0 Å². The number of pyridine rings is 1. The zero-order valence-corrected chi connectivity index (χ0v) is 14.6. The number of urea groups is 1. The summed E-state index contributed by atoms with van der Waals surface area (Å²) >= 11 is 0. The molecule has 1 N–H and O–H groups in total. The van der Waals surface area contributed by atoms with E-state index in [9.17, 15) is 4.79 Å². The average Bonchev–Trinajstić information content (AvgIpc) is 3.35. The molecule has 2 amide bonds. The van der Waals surface area contributed by atoms with E-state index < -0.39 is 0 Å². The van der Waals surface area contributed by atoms with Crippen molar-refractivity contribution in [3.63, 3.8) is 0 Å². The lowest BCUT2D eigenvalue weighted by molar-refractivity contribution is 0.199. The lowest BCUT2D eigenvalue weighted by Gasteiger charge is -2.24. The lowest BCUT2D eigenvalue weighted by atomic mass is 9.86. The quantitative estimate of drug-likeness (QED) is 0.920. The van der Waals surface area contributed by atoms with Crippen LogP contribution in [0.2, 0.25) is 0 Å². The average molecular weight is 340 g/mol. The van der Waals surface area contributed by atoms with E-state index in [1.165, 1.54) is 6.42 Å². The lowest BCUT2D eigenvalue weighted by Crippen LogP contribution is -2.40. The molecule has 1 unspecified atom stereocenters. The molecule has 25 heavy (non-hydrogen) atoms. The molecule has 0 radical (unpaired) electrons. The van der Waals surface area contributed by atoms with Crippen molar-refractivity contribution in [2.75, 3.05) is 33.2 Å². The molecule has 0 bridgehead atoms. The smallest absolute Gasteiger partial charge is 0.317 e. The molecule has 1 atom stereocenters. The second-order valence-corrected chi connectivity index (χ2v) is 7.29. The van der Waals surface area contributed by atoms with Gasteiger partial charge in [-0.05, 0) is 50.2 Å². The number of nitrogens with one attached hydrogen (secondary N) is 1. The minimum absolute atomic E-state index is 0.0314. The van der Waals surface area contributed by atoms with Gasteiger partial charge in [-0.15, -0.1) is 0 Å². The topological polar surface area (TPSA) is 66.3 Å². The van der Waals surface area contributed by atoms with Gasteiger partial charge in [-0.3, -0.25) is 0 Å². The van der Waals surface area contributed by atoms with Crippen molar-refractivity contribution in [3.05, 3.63) is 42.4 Å². The number of amides is 2. The summed E-state index contributed by atoms with van der Waals surface area (Å²) < 4.78 is 1.71. The molecule has 2 saturated heterocycles. The van der Waals surface area contributed by atoms with Gasteiger partial charge in [-0.25, -0.2) is 14.5 Å². The van der Waals surface area contributed by atoms with Crippen LogP contribution in [-0.4, -0.2) is 63.8 Å². The summed E-state index contributed by atoms with van der Waals surface area (Å²) in [5, 5.41) is 7.23. The van der Waals surface area contributed by atoms with Crippen LogP contribution in [0.25, 0.3) is 5.82 Å². The Balaban J connectivity index is 1.34. The maximum absolute atomic E-state index is 12.5. The summed E-state index contributed by atoms with van der Waals surface area (Å²) in [6.45, 7) is 4.47. The van der Waals surface area contributed by atoms with E-state index in [-0.39, 0.29) is 6.03 Å². The van der Waals surface area contributed by atoms with Crippen LogP contribution in [0.5, 0.6) is 0 Å². The van der Waals surface area contributed by atoms with E-state index in [2.05, 4.69) is 27.3 Å². The predicted octanol–water partition coefficient (Wildman–Crippen LogP) is 1.50. The fourth-order valence-electron chi connectivity index (χ4n) is 3.99. The summed E-state index contributed by atoms with van der Waals surface area (Å²) in [6.07, 6.45) is 7.64. The first-order chi connectivity index (χ1) is 12.1. The summed E-state index contributed by atoms with van der Waals surface area (Å²) in [7, 11) is 2.16. The van der Waals surface area contributed by atoms with Crippen LogP contribution >= 0.6 is 0 Å². The highest BCUT2D eigenvalue weighted by Crippen LogP contribution is 2.38. The molecule has 4 rings (SSSR count). The minimum Gasteiger partial charge on any atom is -0.334 e. The molecule has 2 aromatic rings. The number of aromatic nitrogens is 3. The van der Waals surface area contributed by atoms with Gasteiger partial charge >= 0.3 is 6.03 Å². The van der Waals surface area contributed by atoms with Crippen molar-refractivity contribution in [3.8, 4) is 5.82 Å². The molecule has 0 saturated carbocycles. The maximum atomic E-state index is 12.5. The fourth-order valence-corrected chi connectivity index (χ4v) is 3.99. The summed E-state index contributed by atoms with van der Waals surface area (Å²) in [6, 6.07) is 5.76. The first-order valence-electron chi connectivity index (χ1n) is 8.80. The third kappa shape index (κ3) is 3.37. The molecule has 2 fully saturated rings. The van der Waals surface area contributed by atoms with Crippen molar-refractivity contribution in [2.24, 2.45) is 5.41 Å². The Morgan fingerprint density at radius 3 is 2.92 bits per heavy atom. The zero-order valence-electron chi connectivity index (χ0n) is 14.6. The third-order valence-corrected chi connectivity index (χ3v) is 5.35. The number of likely N-dealkylation sites (tertiary alicyclic amines) is 2. The molecule has 2 aliphatic rings. The fraction of sp³-hybridized carbons (Fsp3) is 0.500. The second kappa shape index (κ2) is 6.48. The Labute approximate surface area is 147 Å². The number of hydrogen-bond acceptors (Lipinski definition) is 4. The van der Waals surface area contributed by atoms with E-state index >= 15 is 0 Å². The van der Waals surface area contributed by atoms with Gasteiger partial charge in [0.25, 0.3) is 0 Å². The van der Waals surface area contributed by atoms with Gasteiger partial charge in [0.1, 0.15) is 0 Å². The van der Waals surface area contributed by atoms with Crippen LogP contribution in [0.3, 0.4) is 0 Å². The second-order valence-electron chi connectivity index (χ2n) is 7.29. The van der Waals surface area contributed by atoms with E-state index in [4.69, 9.17) is 0 Å². The number of carbonyl (C=O) groups excluding carboxylic acids is 1. The van der Waals surface area contributed by atoms with Crippen LogP contribution < -0.4 is 5.32 Å². The number of rotatable bonds is 3. The van der Waals surface area contributed by atoms with Crippen LogP contribution in [0.15, 0.2) is 36.8 Å². The van der Waals surface area contributed by atoms with Crippen LogP contribution in [0.1, 0.15) is 18.4 Å². The number of carbonyl (C=O) groups is 1. The van der Waals surface area contributed by atoms with Crippen molar-refractivity contribution in [1.29, 1.82) is 0 Å². The van der Waals surface area contributed by atoms with Gasteiger partial charge in [0.15, 0.2) is 5.82 Å². The summed E-state index contributed by atoms with van der Waals surface area (Å²) in [5.41, 5.74) is 1.33.